The minimum absolute atomic E-state index is 0.00914. The summed E-state index contributed by atoms with van der Waals surface area (Å²) in [5.74, 6) is -0.695. The number of anilines is 2. The van der Waals surface area contributed by atoms with Gasteiger partial charge in [0.2, 0.25) is 5.91 Å². The Bertz CT molecular complexity index is 675. The SMILES string of the molecule is CC(=O)Nc1ccsc1CNc1cccc(F)c1C#N. The van der Waals surface area contributed by atoms with Gasteiger partial charge in [-0.2, -0.15) is 5.26 Å². The molecule has 0 spiro atoms. The van der Waals surface area contributed by atoms with Crippen molar-refractivity contribution < 1.29 is 9.18 Å². The number of carbonyl (C=O) groups is 1. The van der Waals surface area contributed by atoms with E-state index in [2.05, 4.69) is 10.6 Å². The first-order chi connectivity index (χ1) is 9.61. The number of carbonyl (C=O) groups excluding carboxylic acids is 1. The third-order valence-electron chi connectivity index (χ3n) is 2.62. The maximum Gasteiger partial charge on any atom is 0.221 e. The zero-order valence-corrected chi connectivity index (χ0v) is 11.6. The molecule has 1 heterocycles. The van der Waals surface area contributed by atoms with Crippen LogP contribution in [0.2, 0.25) is 0 Å². The molecule has 0 aliphatic rings. The van der Waals surface area contributed by atoms with Gasteiger partial charge in [0.25, 0.3) is 0 Å². The molecule has 1 aromatic carbocycles. The molecule has 0 aliphatic carbocycles. The van der Waals surface area contributed by atoms with Gasteiger partial charge in [0.1, 0.15) is 17.4 Å². The Balaban J connectivity index is 2.14. The van der Waals surface area contributed by atoms with Gasteiger partial charge >= 0.3 is 0 Å². The number of thiophene rings is 1. The van der Waals surface area contributed by atoms with Crippen LogP contribution in [0.1, 0.15) is 17.4 Å². The second kappa shape index (κ2) is 6.17. The van der Waals surface area contributed by atoms with Crippen molar-refractivity contribution in [3.8, 4) is 6.07 Å². The Morgan fingerprint density at radius 1 is 1.40 bits per heavy atom. The first-order valence-corrected chi connectivity index (χ1v) is 6.76. The Hall–Kier alpha value is -2.39. The zero-order chi connectivity index (χ0) is 14.5. The quantitative estimate of drug-likeness (QED) is 0.907. The van der Waals surface area contributed by atoms with E-state index in [0.717, 1.165) is 10.6 Å². The lowest BCUT2D eigenvalue weighted by Gasteiger charge is -2.09. The summed E-state index contributed by atoms with van der Waals surface area (Å²) in [6, 6.07) is 8.08. The van der Waals surface area contributed by atoms with Crippen molar-refractivity contribution in [1.82, 2.24) is 0 Å². The normalized spacial score (nSPS) is 9.85. The highest BCUT2D eigenvalue weighted by atomic mass is 32.1. The fourth-order valence-electron chi connectivity index (χ4n) is 1.74. The molecule has 2 rings (SSSR count). The Morgan fingerprint density at radius 3 is 2.90 bits per heavy atom. The van der Waals surface area contributed by atoms with Crippen LogP contribution in [-0.2, 0) is 11.3 Å². The minimum Gasteiger partial charge on any atom is -0.379 e. The van der Waals surface area contributed by atoms with E-state index in [1.54, 1.807) is 18.2 Å². The summed E-state index contributed by atoms with van der Waals surface area (Å²) in [5.41, 5.74) is 1.16. The average Bonchev–Trinajstić information content (AvgIpc) is 2.83. The maximum atomic E-state index is 13.5. The maximum absolute atomic E-state index is 13.5. The molecule has 4 nitrogen and oxygen atoms in total. The van der Waals surface area contributed by atoms with Gasteiger partial charge in [-0.25, -0.2) is 4.39 Å². The third-order valence-corrected chi connectivity index (χ3v) is 3.54. The molecule has 0 unspecified atom stereocenters. The van der Waals surface area contributed by atoms with E-state index in [4.69, 9.17) is 5.26 Å². The molecule has 2 aromatic rings. The van der Waals surface area contributed by atoms with E-state index in [1.807, 2.05) is 11.4 Å². The Labute approximate surface area is 119 Å². The van der Waals surface area contributed by atoms with Crippen molar-refractivity contribution in [3.05, 3.63) is 45.9 Å². The molecule has 0 atom stereocenters. The molecule has 102 valence electrons. The first kappa shape index (κ1) is 14.0. The van der Waals surface area contributed by atoms with Gasteiger partial charge < -0.3 is 10.6 Å². The molecule has 2 N–H and O–H groups in total. The fraction of sp³-hybridized carbons (Fsp3) is 0.143. The molecule has 0 aliphatic heterocycles. The summed E-state index contributed by atoms with van der Waals surface area (Å²) in [6.07, 6.45) is 0. The van der Waals surface area contributed by atoms with Crippen LogP contribution in [0.5, 0.6) is 0 Å². The lowest BCUT2D eigenvalue weighted by Crippen LogP contribution is -2.08. The molecule has 0 radical (unpaired) electrons. The lowest BCUT2D eigenvalue weighted by molar-refractivity contribution is -0.114. The predicted octanol–water partition coefficient (Wildman–Crippen LogP) is 3.33. The van der Waals surface area contributed by atoms with E-state index in [9.17, 15) is 9.18 Å². The number of hydrogen-bond acceptors (Lipinski definition) is 4. The molecule has 1 amide bonds. The molecular formula is C14H12FN3OS. The number of benzene rings is 1. The minimum atomic E-state index is -0.550. The van der Waals surface area contributed by atoms with Crippen LogP contribution < -0.4 is 10.6 Å². The summed E-state index contributed by atoms with van der Waals surface area (Å²) in [4.78, 5) is 12.0. The highest BCUT2D eigenvalue weighted by Gasteiger charge is 2.09. The first-order valence-electron chi connectivity index (χ1n) is 5.88. The van der Waals surface area contributed by atoms with E-state index in [0.29, 0.717) is 12.2 Å². The number of amides is 1. The van der Waals surface area contributed by atoms with E-state index in [-0.39, 0.29) is 11.5 Å². The van der Waals surface area contributed by atoms with Crippen molar-refractivity contribution in [2.24, 2.45) is 0 Å². The van der Waals surface area contributed by atoms with Crippen LogP contribution in [-0.4, -0.2) is 5.91 Å². The second-order valence-electron chi connectivity index (χ2n) is 4.07. The highest BCUT2D eigenvalue weighted by molar-refractivity contribution is 7.10. The summed E-state index contributed by atoms with van der Waals surface area (Å²) in [5, 5.41) is 16.5. The average molecular weight is 289 g/mol. The van der Waals surface area contributed by atoms with Gasteiger partial charge in [0.05, 0.1) is 17.9 Å². The highest BCUT2D eigenvalue weighted by Crippen LogP contribution is 2.25. The van der Waals surface area contributed by atoms with Gasteiger partial charge in [-0.1, -0.05) is 6.07 Å². The molecule has 0 bridgehead atoms. The number of nitrogens with zero attached hydrogens (tertiary/aromatic N) is 1. The monoisotopic (exact) mass is 289 g/mol. The Kier molecular flexibility index (Phi) is 4.33. The van der Waals surface area contributed by atoms with Crippen LogP contribution in [0, 0.1) is 17.1 Å². The van der Waals surface area contributed by atoms with Crippen LogP contribution in [0.3, 0.4) is 0 Å². The summed E-state index contributed by atoms with van der Waals surface area (Å²) in [7, 11) is 0. The molecule has 0 fully saturated rings. The number of nitrogens with one attached hydrogen (secondary N) is 2. The third kappa shape index (κ3) is 3.13. The smallest absolute Gasteiger partial charge is 0.221 e. The van der Waals surface area contributed by atoms with Crippen molar-refractivity contribution in [2.45, 2.75) is 13.5 Å². The molecule has 0 saturated carbocycles. The van der Waals surface area contributed by atoms with Crippen molar-refractivity contribution in [3.63, 3.8) is 0 Å². The van der Waals surface area contributed by atoms with Gasteiger partial charge in [-0.15, -0.1) is 11.3 Å². The molecule has 0 saturated heterocycles. The fourth-order valence-corrected chi connectivity index (χ4v) is 2.51. The van der Waals surface area contributed by atoms with E-state index in [1.165, 1.54) is 24.3 Å². The molecule has 1 aromatic heterocycles. The van der Waals surface area contributed by atoms with E-state index >= 15 is 0 Å². The van der Waals surface area contributed by atoms with Crippen LogP contribution >= 0.6 is 11.3 Å². The summed E-state index contributed by atoms with van der Waals surface area (Å²) >= 11 is 1.47. The van der Waals surface area contributed by atoms with Crippen molar-refractivity contribution in [1.29, 1.82) is 5.26 Å². The number of halogens is 1. The van der Waals surface area contributed by atoms with Gasteiger partial charge in [-0.05, 0) is 23.6 Å². The number of nitriles is 1. The van der Waals surface area contributed by atoms with Crippen LogP contribution in [0.15, 0.2) is 29.6 Å². The molecule has 6 heteroatoms. The lowest BCUT2D eigenvalue weighted by atomic mass is 10.2. The van der Waals surface area contributed by atoms with Gasteiger partial charge in [0, 0.05) is 11.8 Å². The molecular weight excluding hydrogens is 277 g/mol. The van der Waals surface area contributed by atoms with Crippen LogP contribution in [0.25, 0.3) is 0 Å². The van der Waals surface area contributed by atoms with Gasteiger partial charge in [0.15, 0.2) is 0 Å². The van der Waals surface area contributed by atoms with Crippen molar-refractivity contribution in [2.75, 3.05) is 10.6 Å². The standard InChI is InChI=1S/C14H12FN3OS/c1-9(19)18-13-5-6-20-14(13)8-17-12-4-2-3-11(15)10(12)7-16/h2-6,17H,8H2,1H3,(H,18,19). The predicted molar refractivity (Wildman–Crippen MR) is 77.1 cm³/mol. The van der Waals surface area contributed by atoms with Crippen molar-refractivity contribution >= 4 is 28.6 Å². The number of rotatable bonds is 4. The van der Waals surface area contributed by atoms with E-state index < -0.39 is 5.82 Å². The zero-order valence-electron chi connectivity index (χ0n) is 10.7. The number of hydrogen-bond donors (Lipinski definition) is 2. The summed E-state index contributed by atoms with van der Waals surface area (Å²) < 4.78 is 13.5. The second-order valence-corrected chi connectivity index (χ2v) is 5.07. The topological polar surface area (TPSA) is 64.9 Å². The van der Waals surface area contributed by atoms with Crippen LogP contribution in [0.4, 0.5) is 15.8 Å². The summed E-state index contributed by atoms with van der Waals surface area (Å²) in [6.45, 7) is 1.85. The molecule has 20 heavy (non-hydrogen) atoms. The Morgan fingerprint density at radius 2 is 2.20 bits per heavy atom. The van der Waals surface area contributed by atoms with Gasteiger partial charge in [-0.3, -0.25) is 4.79 Å². The largest absolute Gasteiger partial charge is 0.379 e.